The lowest BCUT2D eigenvalue weighted by Gasteiger charge is -2.29. The smallest absolute Gasteiger partial charge is 0.227 e. The Morgan fingerprint density at radius 1 is 1.04 bits per heavy atom. The number of methoxy groups -OCH3 is 2. The molecule has 0 bridgehead atoms. The third-order valence-corrected chi connectivity index (χ3v) is 5.47. The van der Waals surface area contributed by atoms with Crippen LogP contribution < -0.4 is 25.0 Å². The van der Waals surface area contributed by atoms with Crippen molar-refractivity contribution in [2.75, 3.05) is 50.6 Å². The Labute approximate surface area is 160 Å². The Hall–Kier alpha value is -2.28. The van der Waals surface area contributed by atoms with Crippen LogP contribution >= 0.6 is 0 Å². The van der Waals surface area contributed by atoms with Gasteiger partial charge in [0.25, 0.3) is 0 Å². The van der Waals surface area contributed by atoms with Crippen molar-refractivity contribution in [2.24, 2.45) is 0 Å². The van der Waals surface area contributed by atoms with E-state index in [1.165, 1.54) is 25.7 Å². The van der Waals surface area contributed by atoms with Gasteiger partial charge in [0, 0.05) is 37.1 Å². The number of nitrogens with one attached hydrogen (secondary N) is 2. The van der Waals surface area contributed by atoms with E-state index >= 15 is 0 Å². The van der Waals surface area contributed by atoms with E-state index in [2.05, 4.69) is 15.5 Å². The minimum atomic E-state index is 0.374. The standard InChI is InChI=1S/C20H29N5O2/c1-26-17-11-15-16(12-18(17)27-2)23-20(25-9-4-3-5-10-25)24-19(15)22-14-7-6-8-21-13-14/h11-12,14,21H,3-10,13H2,1-2H3,(H,22,23,24)/t14-/m1/s1. The van der Waals surface area contributed by atoms with Crippen LogP contribution in [0.5, 0.6) is 11.5 Å². The molecule has 27 heavy (non-hydrogen) atoms. The Kier molecular flexibility index (Phi) is 5.48. The summed E-state index contributed by atoms with van der Waals surface area (Å²) < 4.78 is 11.0. The fraction of sp³-hybridized carbons (Fsp3) is 0.600. The molecule has 4 rings (SSSR count). The molecule has 0 spiro atoms. The molecule has 0 aliphatic carbocycles. The molecule has 2 saturated heterocycles. The number of fused-ring (bicyclic) bond motifs is 1. The van der Waals surface area contributed by atoms with Crippen molar-refractivity contribution in [3.8, 4) is 11.5 Å². The zero-order valence-electron chi connectivity index (χ0n) is 16.3. The Bertz CT molecular complexity index is 786. The van der Waals surface area contributed by atoms with Gasteiger partial charge in [-0.15, -0.1) is 0 Å². The van der Waals surface area contributed by atoms with Crippen molar-refractivity contribution < 1.29 is 9.47 Å². The number of piperidine rings is 2. The maximum Gasteiger partial charge on any atom is 0.227 e. The number of anilines is 2. The third-order valence-electron chi connectivity index (χ3n) is 5.47. The van der Waals surface area contributed by atoms with Crippen LogP contribution in [0.3, 0.4) is 0 Å². The van der Waals surface area contributed by atoms with Crippen molar-refractivity contribution in [3.63, 3.8) is 0 Å². The SMILES string of the molecule is COc1cc2nc(N3CCCCC3)nc(N[C@@H]3CCCNC3)c2cc1OC. The first-order valence-electron chi connectivity index (χ1n) is 9.94. The average Bonchev–Trinajstić information content (AvgIpc) is 2.74. The molecule has 1 aromatic heterocycles. The normalized spacial score (nSPS) is 20.5. The fourth-order valence-electron chi connectivity index (χ4n) is 3.96. The van der Waals surface area contributed by atoms with Crippen LogP contribution in [0.4, 0.5) is 11.8 Å². The van der Waals surface area contributed by atoms with E-state index in [0.29, 0.717) is 17.5 Å². The predicted molar refractivity (Wildman–Crippen MR) is 108 cm³/mol. The number of hydrogen-bond acceptors (Lipinski definition) is 7. The van der Waals surface area contributed by atoms with Gasteiger partial charge in [-0.1, -0.05) is 0 Å². The lowest BCUT2D eigenvalue weighted by atomic mass is 10.1. The average molecular weight is 371 g/mol. The number of benzene rings is 1. The maximum absolute atomic E-state index is 5.50. The summed E-state index contributed by atoms with van der Waals surface area (Å²) in [6.07, 6.45) is 6.00. The van der Waals surface area contributed by atoms with Gasteiger partial charge in [0.1, 0.15) is 5.82 Å². The number of hydrogen-bond donors (Lipinski definition) is 2. The van der Waals surface area contributed by atoms with Crippen LogP contribution in [0, 0.1) is 0 Å². The Morgan fingerprint density at radius 2 is 1.81 bits per heavy atom. The molecule has 2 aliphatic heterocycles. The molecule has 2 N–H and O–H groups in total. The van der Waals surface area contributed by atoms with Crippen LogP contribution in [0.2, 0.25) is 0 Å². The number of aromatic nitrogens is 2. The maximum atomic E-state index is 5.50. The van der Waals surface area contributed by atoms with Crippen LogP contribution in [0.25, 0.3) is 10.9 Å². The van der Waals surface area contributed by atoms with Gasteiger partial charge >= 0.3 is 0 Å². The molecule has 7 nitrogen and oxygen atoms in total. The highest BCUT2D eigenvalue weighted by molar-refractivity contribution is 5.93. The van der Waals surface area contributed by atoms with Crippen molar-refractivity contribution in [1.29, 1.82) is 0 Å². The predicted octanol–water partition coefficient (Wildman–Crippen LogP) is 2.80. The van der Waals surface area contributed by atoms with Crippen molar-refractivity contribution in [2.45, 2.75) is 38.1 Å². The van der Waals surface area contributed by atoms with Crippen molar-refractivity contribution in [1.82, 2.24) is 15.3 Å². The molecular formula is C20H29N5O2. The topological polar surface area (TPSA) is 71.5 Å². The summed E-state index contributed by atoms with van der Waals surface area (Å²) in [5, 5.41) is 8.09. The molecular weight excluding hydrogens is 342 g/mol. The second-order valence-corrected chi connectivity index (χ2v) is 7.33. The van der Waals surface area contributed by atoms with Gasteiger partial charge < -0.3 is 25.0 Å². The van der Waals surface area contributed by atoms with Gasteiger partial charge in [-0.3, -0.25) is 0 Å². The molecule has 0 amide bonds. The molecule has 2 aliphatic rings. The van der Waals surface area contributed by atoms with E-state index in [1.54, 1.807) is 14.2 Å². The van der Waals surface area contributed by atoms with E-state index in [0.717, 1.165) is 55.3 Å². The summed E-state index contributed by atoms with van der Waals surface area (Å²) in [5.41, 5.74) is 0.884. The highest BCUT2D eigenvalue weighted by atomic mass is 16.5. The van der Waals surface area contributed by atoms with E-state index < -0.39 is 0 Å². The molecule has 2 fully saturated rings. The molecule has 0 saturated carbocycles. The summed E-state index contributed by atoms with van der Waals surface area (Å²) in [6.45, 7) is 4.08. The zero-order valence-corrected chi connectivity index (χ0v) is 16.3. The quantitative estimate of drug-likeness (QED) is 0.837. The van der Waals surface area contributed by atoms with E-state index in [9.17, 15) is 0 Å². The second-order valence-electron chi connectivity index (χ2n) is 7.33. The van der Waals surface area contributed by atoms with Crippen molar-refractivity contribution in [3.05, 3.63) is 12.1 Å². The van der Waals surface area contributed by atoms with Crippen molar-refractivity contribution >= 4 is 22.7 Å². The molecule has 7 heteroatoms. The zero-order chi connectivity index (χ0) is 18.6. The summed E-state index contributed by atoms with van der Waals surface area (Å²) in [4.78, 5) is 12.1. The van der Waals surface area contributed by atoms with E-state index in [4.69, 9.17) is 19.4 Å². The Balaban J connectivity index is 1.77. The second kappa shape index (κ2) is 8.17. The first-order chi connectivity index (χ1) is 13.3. The Morgan fingerprint density at radius 3 is 2.52 bits per heavy atom. The number of ether oxygens (including phenoxy) is 2. The molecule has 146 valence electrons. The van der Waals surface area contributed by atoms with Crippen LogP contribution in [0.1, 0.15) is 32.1 Å². The lowest BCUT2D eigenvalue weighted by Crippen LogP contribution is -2.39. The molecule has 3 heterocycles. The summed E-state index contributed by atoms with van der Waals surface area (Å²) in [5.74, 6) is 3.08. The first kappa shape index (κ1) is 18.1. The first-order valence-corrected chi connectivity index (χ1v) is 9.94. The van der Waals surface area contributed by atoms with Gasteiger partial charge in [-0.25, -0.2) is 4.98 Å². The van der Waals surface area contributed by atoms with Gasteiger partial charge in [0.05, 0.1) is 19.7 Å². The number of rotatable bonds is 5. The molecule has 0 unspecified atom stereocenters. The van der Waals surface area contributed by atoms with E-state index in [-0.39, 0.29) is 0 Å². The lowest BCUT2D eigenvalue weighted by molar-refractivity contribution is 0.356. The monoisotopic (exact) mass is 371 g/mol. The number of nitrogens with zero attached hydrogens (tertiary/aromatic N) is 3. The van der Waals surface area contributed by atoms with Gasteiger partial charge in [-0.05, 0) is 44.7 Å². The summed E-state index contributed by atoms with van der Waals surface area (Å²) >= 11 is 0. The van der Waals surface area contributed by atoms with Gasteiger partial charge in [-0.2, -0.15) is 4.98 Å². The highest BCUT2D eigenvalue weighted by Crippen LogP contribution is 2.35. The van der Waals surface area contributed by atoms with Gasteiger partial charge in [0.2, 0.25) is 5.95 Å². The minimum Gasteiger partial charge on any atom is -0.493 e. The highest BCUT2D eigenvalue weighted by Gasteiger charge is 2.20. The minimum absolute atomic E-state index is 0.374. The van der Waals surface area contributed by atoms with Gasteiger partial charge in [0.15, 0.2) is 11.5 Å². The molecule has 1 aromatic carbocycles. The van der Waals surface area contributed by atoms with Crippen LogP contribution in [-0.2, 0) is 0 Å². The van der Waals surface area contributed by atoms with Crippen LogP contribution in [0.15, 0.2) is 12.1 Å². The van der Waals surface area contributed by atoms with E-state index in [1.807, 2.05) is 12.1 Å². The molecule has 1 atom stereocenters. The molecule has 2 aromatic rings. The summed E-state index contributed by atoms with van der Waals surface area (Å²) in [6, 6.07) is 4.31. The third kappa shape index (κ3) is 3.88. The largest absolute Gasteiger partial charge is 0.493 e. The fourth-order valence-corrected chi connectivity index (χ4v) is 3.96. The molecule has 0 radical (unpaired) electrons. The summed E-state index contributed by atoms with van der Waals surface area (Å²) in [7, 11) is 3.31. The van der Waals surface area contributed by atoms with Crippen LogP contribution in [-0.4, -0.2) is 56.4 Å².